The molecule has 5 nitrogen and oxygen atoms in total. The predicted molar refractivity (Wildman–Crippen MR) is 69.1 cm³/mol. The lowest BCUT2D eigenvalue weighted by Crippen LogP contribution is -2.45. The summed E-state index contributed by atoms with van der Waals surface area (Å²) in [5, 5.41) is 1.99. The molecule has 10 heteroatoms. The van der Waals surface area contributed by atoms with Crippen LogP contribution in [-0.4, -0.2) is 35.4 Å². The van der Waals surface area contributed by atoms with E-state index < -0.39 is 29.8 Å². The van der Waals surface area contributed by atoms with Gasteiger partial charge in [0, 0.05) is 0 Å². The third-order valence-corrected chi connectivity index (χ3v) is 5.16. The Morgan fingerprint density at radius 2 is 1.78 bits per heavy atom. The van der Waals surface area contributed by atoms with Crippen molar-refractivity contribution < 1.29 is 22.8 Å². The van der Waals surface area contributed by atoms with Crippen molar-refractivity contribution in [3.05, 3.63) is 0 Å². The van der Waals surface area contributed by atoms with Crippen LogP contribution in [0, 0.1) is 0 Å². The van der Waals surface area contributed by atoms with Gasteiger partial charge in [-0.3, -0.25) is 9.36 Å². The molecule has 0 saturated carbocycles. The zero-order chi connectivity index (χ0) is 14.4. The van der Waals surface area contributed by atoms with Crippen molar-refractivity contribution in [2.24, 2.45) is 0 Å². The Morgan fingerprint density at radius 3 is 2.06 bits per heavy atom. The van der Waals surface area contributed by atoms with E-state index in [-0.39, 0.29) is 13.2 Å². The number of carbonyl (C=O) groups excluding carboxylic acids is 1. The third-order valence-electron chi connectivity index (χ3n) is 1.66. The van der Waals surface area contributed by atoms with Gasteiger partial charge in [0.15, 0.2) is 12.5 Å². The number of halogens is 4. The van der Waals surface area contributed by atoms with E-state index in [0.717, 1.165) is 0 Å². The number of hydrogen-bond acceptors (Lipinski definition) is 4. The minimum absolute atomic E-state index is 0.0139. The van der Waals surface area contributed by atoms with E-state index in [1.54, 1.807) is 13.8 Å². The van der Waals surface area contributed by atoms with E-state index in [1.165, 1.54) is 0 Å². The molecule has 0 aliphatic heterocycles. The van der Waals surface area contributed by atoms with Gasteiger partial charge in [0.1, 0.15) is 0 Å². The monoisotopic (exact) mass is 343 g/mol. The Bertz CT molecular complexity index is 316. The van der Waals surface area contributed by atoms with E-state index in [1.807, 2.05) is 5.32 Å². The van der Waals surface area contributed by atoms with Gasteiger partial charge in [-0.1, -0.05) is 34.8 Å². The fraction of sp³-hybridized carbons (Fsp3) is 0.875. The van der Waals surface area contributed by atoms with Gasteiger partial charge in [0.05, 0.1) is 13.2 Å². The summed E-state index contributed by atoms with van der Waals surface area (Å²) in [7, 11) is -3.91. The Hall–Kier alpha value is 0.420. The fourth-order valence-corrected chi connectivity index (χ4v) is 4.07. The van der Waals surface area contributed by atoms with Crippen LogP contribution < -0.4 is 5.32 Å². The molecule has 1 amide bonds. The summed E-state index contributed by atoms with van der Waals surface area (Å²) in [6.07, 6.45) is 0. The van der Waals surface area contributed by atoms with Crippen LogP contribution in [0.4, 0.5) is 4.39 Å². The van der Waals surface area contributed by atoms with Crippen LogP contribution in [-0.2, 0) is 18.4 Å². The molecule has 0 aromatic heterocycles. The summed E-state index contributed by atoms with van der Waals surface area (Å²) in [4.78, 5) is 11.0. The van der Waals surface area contributed by atoms with Gasteiger partial charge in [-0.2, -0.15) is 0 Å². The van der Waals surface area contributed by atoms with Crippen LogP contribution in [0.1, 0.15) is 13.8 Å². The van der Waals surface area contributed by atoms with Crippen molar-refractivity contribution in [1.82, 2.24) is 5.32 Å². The first-order valence-corrected chi connectivity index (χ1v) is 7.76. The number of hydrogen-bond donors (Lipinski definition) is 1. The van der Waals surface area contributed by atoms with Gasteiger partial charge < -0.3 is 14.4 Å². The van der Waals surface area contributed by atoms with Crippen molar-refractivity contribution in [2.75, 3.05) is 19.9 Å². The molecule has 108 valence electrons. The van der Waals surface area contributed by atoms with Gasteiger partial charge in [-0.15, -0.1) is 0 Å². The van der Waals surface area contributed by atoms with Gasteiger partial charge in [0.25, 0.3) is 5.91 Å². The first kappa shape index (κ1) is 18.4. The zero-order valence-electron chi connectivity index (χ0n) is 9.79. The first-order chi connectivity index (χ1) is 8.21. The van der Waals surface area contributed by atoms with Crippen molar-refractivity contribution >= 4 is 48.3 Å². The van der Waals surface area contributed by atoms with E-state index in [4.69, 9.17) is 43.9 Å². The van der Waals surface area contributed by atoms with Crippen molar-refractivity contribution in [2.45, 2.75) is 23.4 Å². The number of nitrogens with one attached hydrogen (secondary N) is 1. The molecule has 0 aromatic carbocycles. The number of amides is 1. The first-order valence-electron chi connectivity index (χ1n) is 5.02. The topological polar surface area (TPSA) is 64.6 Å². The molecule has 0 fully saturated rings. The third kappa shape index (κ3) is 5.59. The van der Waals surface area contributed by atoms with Gasteiger partial charge in [0.2, 0.25) is 3.79 Å². The van der Waals surface area contributed by atoms with Crippen LogP contribution in [0.3, 0.4) is 0 Å². The quantitative estimate of drug-likeness (QED) is 0.569. The molecule has 1 atom stereocenters. The molecule has 0 aromatic rings. The highest BCUT2D eigenvalue weighted by atomic mass is 35.6. The van der Waals surface area contributed by atoms with Gasteiger partial charge in [-0.25, -0.2) is 4.39 Å². The molecule has 0 unspecified atom stereocenters. The molecule has 18 heavy (non-hydrogen) atoms. The normalized spacial score (nSPS) is 14.3. The lowest BCUT2D eigenvalue weighted by atomic mass is 10.6. The molecule has 0 aliphatic rings. The SMILES string of the molecule is CCOP(=O)(OCC)[C@H](NC(=O)CF)C(Cl)(Cl)Cl. The smallest absolute Gasteiger partial charge is 0.336 e. The van der Waals surface area contributed by atoms with Crippen molar-refractivity contribution in [3.63, 3.8) is 0 Å². The zero-order valence-corrected chi connectivity index (χ0v) is 13.0. The molecular weight excluding hydrogens is 330 g/mol. The maximum Gasteiger partial charge on any atom is 0.357 e. The van der Waals surface area contributed by atoms with E-state index in [2.05, 4.69) is 0 Å². The molecule has 0 bridgehead atoms. The van der Waals surface area contributed by atoms with Gasteiger partial charge >= 0.3 is 7.60 Å². The Morgan fingerprint density at radius 1 is 1.33 bits per heavy atom. The molecule has 0 heterocycles. The number of rotatable bonds is 7. The second kappa shape index (κ2) is 7.88. The van der Waals surface area contributed by atoms with Crippen LogP contribution >= 0.6 is 42.4 Å². The van der Waals surface area contributed by atoms with Crippen LogP contribution in [0.5, 0.6) is 0 Å². The Kier molecular flexibility index (Phi) is 8.06. The minimum atomic E-state index is -3.91. The Balaban J connectivity index is 5.24. The summed E-state index contributed by atoms with van der Waals surface area (Å²) in [5.74, 6) is -2.66. The van der Waals surface area contributed by atoms with Crippen LogP contribution in [0.2, 0.25) is 0 Å². The highest BCUT2D eigenvalue weighted by Gasteiger charge is 2.49. The minimum Gasteiger partial charge on any atom is -0.336 e. The highest BCUT2D eigenvalue weighted by molar-refractivity contribution is 7.55. The van der Waals surface area contributed by atoms with Crippen molar-refractivity contribution in [3.8, 4) is 0 Å². The highest BCUT2D eigenvalue weighted by Crippen LogP contribution is 2.58. The van der Waals surface area contributed by atoms with Gasteiger partial charge in [-0.05, 0) is 13.8 Å². The Labute approximate surface area is 120 Å². The van der Waals surface area contributed by atoms with E-state index in [0.29, 0.717) is 0 Å². The average Bonchev–Trinajstić information content (AvgIpc) is 2.24. The second-order valence-corrected chi connectivity index (χ2v) is 7.50. The summed E-state index contributed by atoms with van der Waals surface area (Å²) in [6, 6.07) is 0. The summed E-state index contributed by atoms with van der Waals surface area (Å²) in [6.45, 7) is 1.80. The van der Waals surface area contributed by atoms with E-state index in [9.17, 15) is 13.8 Å². The molecule has 0 spiro atoms. The van der Waals surface area contributed by atoms with Crippen LogP contribution in [0.15, 0.2) is 0 Å². The predicted octanol–water partition coefficient (Wildman–Crippen LogP) is 3.03. The summed E-state index contributed by atoms with van der Waals surface area (Å²) in [5.41, 5.74) is 0. The number of carbonyl (C=O) groups is 1. The molecule has 0 radical (unpaired) electrons. The number of alkyl halides is 4. The fourth-order valence-electron chi connectivity index (χ4n) is 1.08. The largest absolute Gasteiger partial charge is 0.357 e. The summed E-state index contributed by atoms with van der Waals surface area (Å²) >= 11 is 16.9. The van der Waals surface area contributed by atoms with Crippen molar-refractivity contribution in [1.29, 1.82) is 0 Å². The van der Waals surface area contributed by atoms with E-state index >= 15 is 0 Å². The molecule has 0 saturated heterocycles. The molecule has 0 rings (SSSR count). The molecule has 1 N–H and O–H groups in total. The summed E-state index contributed by atoms with van der Waals surface area (Å²) < 4.78 is 32.3. The lowest BCUT2D eigenvalue weighted by molar-refractivity contribution is -0.122. The molecular formula is C8H14Cl3FNO4P. The molecule has 0 aliphatic carbocycles. The van der Waals surface area contributed by atoms with Crippen LogP contribution in [0.25, 0.3) is 0 Å². The maximum absolute atomic E-state index is 12.4. The lowest BCUT2D eigenvalue weighted by Gasteiger charge is -2.31. The maximum atomic E-state index is 12.4. The average molecular weight is 345 g/mol. The standard InChI is InChI=1S/C8H14Cl3FNO4P/c1-3-16-18(15,17-4-2)7(8(9,10)11)13-6(14)5-12/h7H,3-5H2,1-2H3,(H,13,14)/t7-/m0/s1. The second-order valence-electron chi connectivity index (χ2n) is 3.02.